The minimum atomic E-state index is -1.53. The zero-order chi connectivity index (χ0) is 17.9. The number of hydrogen-bond acceptors (Lipinski definition) is 6. The lowest BCUT2D eigenvalue weighted by molar-refractivity contribution is -0.140. The van der Waals surface area contributed by atoms with Crippen molar-refractivity contribution in [3.63, 3.8) is 0 Å². The normalized spacial score (nSPS) is 10.4. The lowest BCUT2D eigenvalue weighted by Crippen LogP contribution is -2.28. The first-order valence-electron chi connectivity index (χ1n) is 7.33. The van der Waals surface area contributed by atoms with Crippen LogP contribution in [0.5, 0.6) is 6.01 Å². The molecule has 2 aromatic rings. The number of aliphatic carboxylic acids is 2. The highest BCUT2D eigenvalue weighted by Gasteiger charge is 2.26. The molecule has 0 atom stereocenters. The molecule has 0 bridgehead atoms. The fourth-order valence-corrected chi connectivity index (χ4v) is 2.56. The maximum absolute atomic E-state index is 11.4. The van der Waals surface area contributed by atoms with E-state index in [0.29, 0.717) is 10.9 Å². The number of carboxylic acid groups (broad SMARTS) is 2. The molecule has 0 spiro atoms. The third-order valence-electron chi connectivity index (χ3n) is 3.52. The summed E-state index contributed by atoms with van der Waals surface area (Å²) in [5.41, 5.74) is -0.150. The lowest BCUT2D eigenvalue weighted by atomic mass is 10.1. The Morgan fingerprint density at radius 1 is 1.08 bits per heavy atom. The van der Waals surface area contributed by atoms with E-state index in [-0.39, 0.29) is 24.5 Å². The maximum atomic E-state index is 11.4. The quantitative estimate of drug-likeness (QED) is 0.417. The molecule has 24 heavy (non-hydrogen) atoms. The first kappa shape index (κ1) is 17.2. The summed E-state index contributed by atoms with van der Waals surface area (Å²) in [4.78, 5) is 32.1. The SMILES string of the molecule is CCC(=C(C(=O)O)C(=O)O)N(CC)c1nc(O)nc2ccccc12. The number of nitrogens with zero attached hydrogens (tertiary/aromatic N) is 3. The number of aromatic hydroxyl groups is 1. The van der Waals surface area contributed by atoms with Crippen LogP contribution in [0.2, 0.25) is 0 Å². The van der Waals surface area contributed by atoms with Gasteiger partial charge in [-0.1, -0.05) is 19.1 Å². The average molecular weight is 331 g/mol. The molecule has 8 nitrogen and oxygen atoms in total. The van der Waals surface area contributed by atoms with Crippen LogP contribution < -0.4 is 4.90 Å². The summed E-state index contributed by atoms with van der Waals surface area (Å²) in [7, 11) is 0. The molecule has 0 aliphatic rings. The van der Waals surface area contributed by atoms with Crippen molar-refractivity contribution in [2.24, 2.45) is 0 Å². The topological polar surface area (TPSA) is 124 Å². The molecule has 0 aliphatic heterocycles. The second-order valence-corrected chi connectivity index (χ2v) is 4.89. The van der Waals surface area contributed by atoms with Gasteiger partial charge in [0.05, 0.1) is 5.52 Å². The van der Waals surface area contributed by atoms with Crippen LogP contribution in [0.4, 0.5) is 5.82 Å². The van der Waals surface area contributed by atoms with Gasteiger partial charge in [0.1, 0.15) is 5.82 Å². The first-order chi connectivity index (χ1) is 11.4. The molecule has 2 rings (SSSR count). The van der Waals surface area contributed by atoms with E-state index in [9.17, 15) is 24.9 Å². The van der Waals surface area contributed by atoms with Crippen molar-refractivity contribution in [3.05, 3.63) is 35.5 Å². The molecular weight excluding hydrogens is 314 g/mol. The number of hydrogen-bond donors (Lipinski definition) is 3. The van der Waals surface area contributed by atoms with Crippen LogP contribution in [0.15, 0.2) is 35.5 Å². The van der Waals surface area contributed by atoms with Crippen molar-refractivity contribution in [3.8, 4) is 6.01 Å². The Morgan fingerprint density at radius 3 is 2.25 bits per heavy atom. The smallest absolute Gasteiger partial charge is 0.344 e. The molecule has 0 radical (unpaired) electrons. The highest BCUT2D eigenvalue weighted by molar-refractivity contribution is 6.13. The van der Waals surface area contributed by atoms with E-state index in [1.165, 1.54) is 4.90 Å². The predicted molar refractivity (Wildman–Crippen MR) is 86.8 cm³/mol. The van der Waals surface area contributed by atoms with Crippen molar-refractivity contribution in [2.45, 2.75) is 20.3 Å². The number of carbonyl (C=O) groups is 2. The predicted octanol–water partition coefficient (Wildman–Crippen LogP) is 1.99. The number of benzene rings is 1. The van der Waals surface area contributed by atoms with Gasteiger partial charge < -0.3 is 20.2 Å². The largest absolute Gasteiger partial charge is 0.479 e. The van der Waals surface area contributed by atoms with Crippen LogP contribution in [0.1, 0.15) is 20.3 Å². The van der Waals surface area contributed by atoms with Gasteiger partial charge in [-0.25, -0.2) is 9.59 Å². The second-order valence-electron chi connectivity index (χ2n) is 4.89. The Balaban J connectivity index is 2.78. The monoisotopic (exact) mass is 331 g/mol. The molecule has 1 aromatic heterocycles. The van der Waals surface area contributed by atoms with Crippen molar-refractivity contribution in [1.82, 2.24) is 9.97 Å². The van der Waals surface area contributed by atoms with Gasteiger partial charge >= 0.3 is 17.9 Å². The first-order valence-corrected chi connectivity index (χ1v) is 7.33. The number of para-hydroxylation sites is 1. The summed E-state index contributed by atoms with van der Waals surface area (Å²) >= 11 is 0. The molecule has 0 amide bonds. The highest BCUT2D eigenvalue weighted by atomic mass is 16.4. The fourth-order valence-electron chi connectivity index (χ4n) is 2.56. The summed E-state index contributed by atoms with van der Waals surface area (Å²) < 4.78 is 0. The summed E-state index contributed by atoms with van der Waals surface area (Å²) in [5.74, 6) is -2.79. The minimum absolute atomic E-state index is 0.0979. The summed E-state index contributed by atoms with van der Waals surface area (Å²) in [6.07, 6.45) is 0.168. The van der Waals surface area contributed by atoms with Crippen molar-refractivity contribution in [2.75, 3.05) is 11.4 Å². The van der Waals surface area contributed by atoms with Gasteiger partial charge in [-0.2, -0.15) is 9.97 Å². The summed E-state index contributed by atoms with van der Waals surface area (Å²) in [5, 5.41) is 28.9. The second kappa shape index (κ2) is 6.95. The molecule has 0 saturated heterocycles. The Hall–Kier alpha value is -3.16. The Labute approximate surface area is 137 Å². The maximum Gasteiger partial charge on any atom is 0.344 e. The van der Waals surface area contributed by atoms with Crippen LogP contribution in [-0.4, -0.2) is 43.8 Å². The molecular formula is C16H17N3O5. The van der Waals surface area contributed by atoms with Crippen LogP contribution in [0.25, 0.3) is 10.9 Å². The Bertz CT molecular complexity index is 816. The molecule has 0 fully saturated rings. The van der Waals surface area contributed by atoms with E-state index in [1.54, 1.807) is 38.1 Å². The number of rotatable bonds is 6. The van der Waals surface area contributed by atoms with E-state index in [1.807, 2.05) is 0 Å². The summed E-state index contributed by atoms with van der Waals surface area (Å²) in [6, 6.07) is 6.43. The van der Waals surface area contributed by atoms with Crippen molar-refractivity contribution < 1.29 is 24.9 Å². The van der Waals surface area contributed by atoms with E-state index in [2.05, 4.69) is 9.97 Å². The fraction of sp³-hybridized carbons (Fsp3) is 0.250. The van der Waals surface area contributed by atoms with Gasteiger partial charge in [-0.05, 0) is 25.5 Å². The molecule has 1 heterocycles. The van der Waals surface area contributed by atoms with Gasteiger partial charge in [0.15, 0.2) is 5.57 Å². The molecule has 0 saturated carbocycles. The third-order valence-corrected chi connectivity index (χ3v) is 3.52. The van der Waals surface area contributed by atoms with E-state index < -0.39 is 23.5 Å². The number of anilines is 1. The van der Waals surface area contributed by atoms with E-state index in [0.717, 1.165) is 0 Å². The van der Waals surface area contributed by atoms with Gasteiger partial charge in [0, 0.05) is 17.6 Å². The number of fused-ring (bicyclic) bond motifs is 1. The Morgan fingerprint density at radius 2 is 1.71 bits per heavy atom. The van der Waals surface area contributed by atoms with Crippen molar-refractivity contribution >= 4 is 28.7 Å². The number of aromatic nitrogens is 2. The van der Waals surface area contributed by atoms with Crippen LogP contribution in [0, 0.1) is 0 Å². The molecule has 0 unspecified atom stereocenters. The molecule has 0 aliphatic carbocycles. The van der Waals surface area contributed by atoms with Crippen LogP contribution in [-0.2, 0) is 9.59 Å². The summed E-state index contributed by atoms with van der Waals surface area (Å²) in [6.45, 7) is 3.67. The van der Waals surface area contributed by atoms with E-state index in [4.69, 9.17) is 0 Å². The Kier molecular flexibility index (Phi) is 4.98. The molecule has 3 N–H and O–H groups in total. The zero-order valence-electron chi connectivity index (χ0n) is 13.2. The molecule has 126 valence electrons. The van der Waals surface area contributed by atoms with Gasteiger partial charge in [-0.3, -0.25) is 0 Å². The minimum Gasteiger partial charge on any atom is -0.479 e. The van der Waals surface area contributed by atoms with Gasteiger partial charge in [-0.15, -0.1) is 0 Å². The average Bonchev–Trinajstić information content (AvgIpc) is 2.53. The standard InChI is InChI=1S/C16H17N3O5/c1-3-11(12(14(20)21)15(22)23)19(4-2)13-9-7-5-6-8-10(9)17-16(24)18-13/h5-8H,3-4H2,1-2H3,(H,20,21)(H,22,23)(H,17,18,24). The highest BCUT2D eigenvalue weighted by Crippen LogP contribution is 2.30. The third kappa shape index (κ3) is 3.12. The molecule has 1 aromatic carbocycles. The van der Waals surface area contributed by atoms with Crippen LogP contribution in [0.3, 0.4) is 0 Å². The van der Waals surface area contributed by atoms with Gasteiger partial charge in [0.25, 0.3) is 0 Å². The zero-order valence-corrected chi connectivity index (χ0v) is 13.2. The lowest BCUT2D eigenvalue weighted by Gasteiger charge is -2.26. The van der Waals surface area contributed by atoms with Gasteiger partial charge in [0.2, 0.25) is 0 Å². The van der Waals surface area contributed by atoms with E-state index >= 15 is 0 Å². The molecule has 8 heteroatoms. The number of allylic oxidation sites excluding steroid dienone is 1. The number of carboxylic acids is 2. The van der Waals surface area contributed by atoms with Crippen molar-refractivity contribution in [1.29, 1.82) is 0 Å². The van der Waals surface area contributed by atoms with Crippen LogP contribution >= 0.6 is 0 Å².